The van der Waals surface area contributed by atoms with Gasteiger partial charge in [-0.15, -0.1) is 22.7 Å². The Morgan fingerprint density at radius 1 is 0.414 bits per heavy atom. The molecule has 4 aromatic heterocycles. The number of benzene rings is 6. The Morgan fingerprint density at radius 3 is 1.74 bits per heavy atom. The predicted molar refractivity (Wildman–Crippen MR) is 238 cm³/mol. The molecule has 7 heteroatoms. The molecule has 272 valence electrons. The van der Waals surface area contributed by atoms with Crippen molar-refractivity contribution in [3.05, 3.63) is 209 Å². The highest BCUT2D eigenvalue weighted by Crippen LogP contribution is 2.65. The summed E-state index contributed by atoms with van der Waals surface area (Å²) < 4.78 is 0. The zero-order valence-electron chi connectivity index (χ0n) is 31.0. The van der Waals surface area contributed by atoms with Gasteiger partial charge in [0, 0.05) is 43.9 Å². The van der Waals surface area contributed by atoms with Gasteiger partial charge >= 0.3 is 0 Å². The van der Waals surface area contributed by atoms with Crippen LogP contribution < -0.4 is 4.90 Å². The second-order valence-corrected chi connectivity index (χ2v) is 16.5. The topological polar surface area (TPSA) is 54.8 Å². The van der Waals surface area contributed by atoms with Gasteiger partial charge < -0.3 is 4.90 Å². The molecular weight excluding hydrogens is 747 g/mol. The van der Waals surface area contributed by atoms with Crippen LogP contribution in [0.15, 0.2) is 187 Å². The molecule has 0 atom stereocenters. The normalized spacial score (nSPS) is 13.3. The SMILES string of the molecule is c1ccc(-c2nc(-c3ccc(-c4ccccn4)cc3)nc(-c3cccc(N4c5ccccc5C5(c6cc7ccccc7cc64)c4ccsc4-c4sccc45)c3)n2)cc1. The lowest BCUT2D eigenvalue weighted by Crippen LogP contribution is -2.35. The maximum atomic E-state index is 5.16. The van der Waals surface area contributed by atoms with Crippen molar-refractivity contribution in [1.82, 2.24) is 19.9 Å². The minimum absolute atomic E-state index is 0.436. The van der Waals surface area contributed by atoms with Gasteiger partial charge in [0.05, 0.1) is 22.5 Å². The quantitative estimate of drug-likeness (QED) is 0.174. The summed E-state index contributed by atoms with van der Waals surface area (Å²) in [6, 6.07) is 60.3. The number of anilines is 3. The molecule has 5 heterocycles. The summed E-state index contributed by atoms with van der Waals surface area (Å²) >= 11 is 3.70. The Hall–Kier alpha value is -7.06. The van der Waals surface area contributed by atoms with Crippen LogP contribution >= 0.6 is 22.7 Å². The van der Waals surface area contributed by atoms with E-state index in [1.807, 2.05) is 77.4 Å². The fraction of sp³-hybridized carbons (Fsp3) is 0.0196. The number of nitrogens with zero attached hydrogens (tertiary/aromatic N) is 5. The molecule has 0 fully saturated rings. The van der Waals surface area contributed by atoms with Gasteiger partial charge in [-0.1, -0.05) is 115 Å². The minimum Gasteiger partial charge on any atom is -0.310 e. The van der Waals surface area contributed by atoms with Gasteiger partial charge in [-0.2, -0.15) is 0 Å². The van der Waals surface area contributed by atoms with Crippen molar-refractivity contribution in [2.24, 2.45) is 0 Å². The predicted octanol–water partition coefficient (Wildman–Crippen LogP) is 13.4. The lowest BCUT2D eigenvalue weighted by Gasteiger charge is -2.44. The van der Waals surface area contributed by atoms with Crippen LogP contribution in [0.1, 0.15) is 22.3 Å². The van der Waals surface area contributed by atoms with Gasteiger partial charge in [-0.25, -0.2) is 15.0 Å². The van der Waals surface area contributed by atoms with E-state index in [0.717, 1.165) is 39.3 Å². The second-order valence-electron chi connectivity index (χ2n) is 14.7. The first-order valence-electron chi connectivity index (χ1n) is 19.3. The third-order valence-electron chi connectivity index (χ3n) is 11.5. The highest BCUT2D eigenvalue weighted by atomic mass is 32.1. The van der Waals surface area contributed by atoms with E-state index in [1.54, 1.807) is 0 Å². The van der Waals surface area contributed by atoms with Crippen LogP contribution in [-0.4, -0.2) is 19.9 Å². The van der Waals surface area contributed by atoms with E-state index in [1.165, 1.54) is 48.5 Å². The van der Waals surface area contributed by atoms with E-state index in [0.29, 0.717) is 17.5 Å². The highest BCUT2D eigenvalue weighted by Gasteiger charge is 2.53. The standard InChI is InChI=1S/C51H31N5S2/c1-2-11-33(12-3-1)48-53-49(34-22-20-32(21-23-34)43-18-8-9-26-52-43)55-50(54-48)37-15-10-16-38(29-37)56-44-19-7-6-17-39(44)51(40-24-27-57-46(40)47-41(51)25-28-58-47)42-30-35-13-4-5-14-36(35)31-45(42)56/h1-31H. The number of hydrogen-bond acceptors (Lipinski definition) is 7. The summed E-state index contributed by atoms with van der Waals surface area (Å²) in [7, 11) is 0. The van der Waals surface area contributed by atoms with E-state index in [-0.39, 0.29) is 0 Å². The number of pyridine rings is 1. The van der Waals surface area contributed by atoms with Crippen LogP contribution in [0.25, 0.3) is 65.9 Å². The van der Waals surface area contributed by atoms with Crippen molar-refractivity contribution in [3.63, 3.8) is 0 Å². The van der Waals surface area contributed by atoms with Gasteiger partial charge in [-0.05, 0) is 98.4 Å². The molecule has 0 unspecified atom stereocenters. The molecule has 1 spiro atoms. The number of rotatable bonds is 5. The number of hydrogen-bond donors (Lipinski definition) is 0. The average Bonchev–Trinajstić information content (AvgIpc) is 4.04. The first kappa shape index (κ1) is 33.1. The Labute approximate surface area is 343 Å². The molecule has 1 aliphatic heterocycles. The van der Waals surface area contributed by atoms with E-state index in [2.05, 4.69) is 142 Å². The number of aromatic nitrogens is 4. The molecule has 12 rings (SSSR count). The Morgan fingerprint density at radius 2 is 1.02 bits per heavy atom. The maximum Gasteiger partial charge on any atom is 0.164 e. The zero-order chi connectivity index (χ0) is 38.2. The van der Waals surface area contributed by atoms with Crippen LogP contribution in [-0.2, 0) is 5.41 Å². The van der Waals surface area contributed by atoms with Gasteiger partial charge in [0.25, 0.3) is 0 Å². The molecule has 0 saturated carbocycles. The summed E-state index contributed by atoms with van der Waals surface area (Å²) in [4.78, 5) is 25.0. The summed E-state index contributed by atoms with van der Waals surface area (Å²) in [6.45, 7) is 0. The van der Waals surface area contributed by atoms with Crippen LogP contribution in [0, 0.1) is 0 Å². The molecule has 10 aromatic rings. The Bertz CT molecular complexity index is 3150. The molecule has 5 nitrogen and oxygen atoms in total. The Kier molecular flexibility index (Phi) is 7.42. The fourth-order valence-corrected chi connectivity index (χ4v) is 11.1. The van der Waals surface area contributed by atoms with Crippen molar-refractivity contribution < 1.29 is 0 Å². The minimum atomic E-state index is -0.436. The van der Waals surface area contributed by atoms with Crippen LogP contribution in [0.3, 0.4) is 0 Å². The summed E-state index contributed by atoms with van der Waals surface area (Å²) in [5.41, 5.74) is 12.9. The lowest BCUT2D eigenvalue weighted by atomic mass is 9.65. The monoisotopic (exact) mass is 777 g/mol. The van der Waals surface area contributed by atoms with Crippen molar-refractivity contribution in [3.8, 4) is 55.2 Å². The van der Waals surface area contributed by atoms with Crippen LogP contribution in [0.5, 0.6) is 0 Å². The zero-order valence-corrected chi connectivity index (χ0v) is 32.6. The summed E-state index contributed by atoms with van der Waals surface area (Å²) in [5, 5.41) is 6.95. The van der Waals surface area contributed by atoms with E-state index in [9.17, 15) is 0 Å². The molecule has 2 aliphatic rings. The van der Waals surface area contributed by atoms with Gasteiger partial charge in [0.15, 0.2) is 17.5 Å². The summed E-state index contributed by atoms with van der Waals surface area (Å²) in [5.74, 6) is 1.85. The molecule has 6 aromatic carbocycles. The summed E-state index contributed by atoms with van der Waals surface area (Å²) in [6.07, 6.45) is 1.82. The molecule has 0 N–H and O–H groups in total. The second kappa shape index (κ2) is 13.0. The third kappa shape index (κ3) is 4.94. The van der Waals surface area contributed by atoms with Gasteiger partial charge in [-0.3, -0.25) is 4.98 Å². The average molecular weight is 778 g/mol. The van der Waals surface area contributed by atoms with Crippen molar-refractivity contribution in [2.45, 2.75) is 5.41 Å². The number of fused-ring (bicyclic) bond motifs is 10. The first-order valence-corrected chi connectivity index (χ1v) is 21.0. The largest absolute Gasteiger partial charge is 0.310 e. The van der Waals surface area contributed by atoms with Gasteiger partial charge in [0.2, 0.25) is 0 Å². The van der Waals surface area contributed by atoms with Crippen LogP contribution in [0.2, 0.25) is 0 Å². The lowest BCUT2D eigenvalue weighted by molar-refractivity contribution is 0.757. The van der Waals surface area contributed by atoms with Crippen molar-refractivity contribution in [2.75, 3.05) is 4.90 Å². The molecule has 1 aliphatic carbocycles. The fourth-order valence-electron chi connectivity index (χ4n) is 9.00. The third-order valence-corrected chi connectivity index (χ3v) is 13.5. The van der Waals surface area contributed by atoms with E-state index >= 15 is 0 Å². The Balaban J connectivity index is 1.05. The number of thiophene rings is 2. The molecular formula is C51H31N5S2. The number of para-hydroxylation sites is 1. The van der Waals surface area contributed by atoms with Gasteiger partial charge in [0.1, 0.15) is 0 Å². The molecule has 0 saturated heterocycles. The highest BCUT2D eigenvalue weighted by molar-refractivity contribution is 7.21. The van der Waals surface area contributed by atoms with E-state index in [4.69, 9.17) is 15.0 Å². The van der Waals surface area contributed by atoms with Crippen molar-refractivity contribution in [1.29, 1.82) is 0 Å². The first-order chi connectivity index (χ1) is 28.7. The smallest absolute Gasteiger partial charge is 0.164 e. The van der Waals surface area contributed by atoms with E-state index < -0.39 is 5.41 Å². The maximum absolute atomic E-state index is 5.16. The molecule has 0 amide bonds. The van der Waals surface area contributed by atoms with Crippen molar-refractivity contribution >= 4 is 50.5 Å². The molecule has 0 bridgehead atoms. The molecule has 58 heavy (non-hydrogen) atoms. The molecule has 0 radical (unpaired) electrons. The van der Waals surface area contributed by atoms with Crippen LogP contribution in [0.4, 0.5) is 17.1 Å².